The van der Waals surface area contributed by atoms with Crippen molar-refractivity contribution >= 4 is 5.91 Å². The summed E-state index contributed by atoms with van der Waals surface area (Å²) in [7, 11) is 0. The Bertz CT molecular complexity index is 386. The van der Waals surface area contributed by atoms with Crippen LogP contribution in [0.1, 0.15) is 17.8 Å². The Morgan fingerprint density at radius 2 is 2.12 bits per heavy atom. The van der Waals surface area contributed by atoms with E-state index in [-0.39, 0.29) is 12.5 Å². The molecule has 0 bridgehead atoms. The van der Waals surface area contributed by atoms with Gasteiger partial charge in [0.05, 0.1) is 6.61 Å². The lowest BCUT2D eigenvalue weighted by Gasteiger charge is -2.22. The number of amides is 1. The summed E-state index contributed by atoms with van der Waals surface area (Å²) in [5, 5.41) is 0. The molecule has 5 heteroatoms. The number of nitrogens with two attached hydrogens (primary N) is 1. The van der Waals surface area contributed by atoms with Gasteiger partial charge in [-0.2, -0.15) is 0 Å². The van der Waals surface area contributed by atoms with E-state index in [9.17, 15) is 4.79 Å². The molecule has 1 amide bonds. The Kier molecular flexibility index (Phi) is 2.73. The maximum Gasteiger partial charge on any atom is 0.261 e. The van der Waals surface area contributed by atoms with Crippen molar-refractivity contribution in [2.45, 2.75) is 25.8 Å². The van der Waals surface area contributed by atoms with Crippen molar-refractivity contribution in [3.8, 4) is 0 Å². The molecule has 0 radical (unpaired) electrons. The molecule has 1 aromatic heterocycles. The van der Waals surface area contributed by atoms with E-state index in [2.05, 4.69) is 5.43 Å². The van der Waals surface area contributed by atoms with E-state index in [1.807, 2.05) is 26.0 Å². The summed E-state index contributed by atoms with van der Waals surface area (Å²) in [6, 6.07) is 3.90. The number of carbonyl (C=O) groups is 1. The van der Waals surface area contributed by atoms with Crippen molar-refractivity contribution in [2.75, 3.05) is 18.6 Å². The number of hydrogen-bond donors (Lipinski definition) is 2. The third kappa shape index (κ3) is 1.83. The van der Waals surface area contributed by atoms with Gasteiger partial charge in [-0.1, -0.05) is 0 Å². The van der Waals surface area contributed by atoms with Gasteiger partial charge < -0.3 is 10.5 Å². The third-order valence-corrected chi connectivity index (χ3v) is 2.99. The monoisotopic (exact) mass is 223 g/mol. The summed E-state index contributed by atoms with van der Waals surface area (Å²) in [4.78, 5) is 12.0. The van der Waals surface area contributed by atoms with Gasteiger partial charge in [-0.15, -0.1) is 0 Å². The second-order valence-electron chi connectivity index (χ2n) is 4.35. The van der Waals surface area contributed by atoms with Gasteiger partial charge in [0.2, 0.25) is 0 Å². The largest absolute Gasteiger partial charge is 0.379 e. The van der Waals surface area contributed by atoms with E-state index in [1.54, 1.807) is 4.68 Å². The lowest BCUT2D eigenvalue weighted by molar-refractivity contribution is -0.122. The molecular formula is C11H17N3O2. The minimum atomic E-state index is -0.886. The van der Waals surface area contributed by atoms with E-state index in [0.717, 1.165) is 11.4 Å². The first kappa shape index (κ1) is 11.2. The number of nitrogens with zero attached hydrogens (tertiary/aromatic N) is 1. The average molecular weight is 223 g/mol. The highest BCUT2D eigenvalue weighted by Crippen LogP contribution is 2.16. The summed E-state index contributed by atoms with van der Waals surface area (Å²) in [6.45, 7) is 4.70. The number of hydrogen-bond acceptors (Lipinski definition) is 3. The van der Waals surface area contributed by atoms with E-state index in [4.69, 9.17) is 10.5 Å². The fourth-order valence-electron chi connectivity index (χ4n) is 1.82. The Morgan fingerprint density at radius 3 is 2.62 bits per heavy atom. The number of aryl methyl sites for hydroxylation is 2. The molecule has 0 aliphatic carbocycles. The van der Waals surface area contributed by atoms with Gasteiger partial charge >= 0.3 is 0 Å². The minimum Gasteiger partial charge on any atom is -0.379 e. The van der Waals surface area contributed by atoms with E-state index >= 15 is 0 Å². The van der Waals surface area contributed by atoms with Crippen LogP contribution < -0.4 is 11.2 Å². The fourth-order valence-corrected chi connectivity index (χ4v) is 1.82. The van der Waals surface area contributed by atoms with E-state index < -0.39 is 5.54 Å². The number of carbonyl (C=O) groups excluding carboxylic acids is 1. The van der Waals surface area contributed by atoms with Crippen LogP contribution in [-0.2, 0) is 9.53 Å². The normalized spacial score (nSPS) is 24.7. The van der Waals surface area contributed by atoms with Crippen LogP contribution in [0, 0.1) is 13.8 Å². The van der Waals surface area contributed by atoms with Crippen LogP contribution in [-0.4, -0.2) is 29.3 Å². The highest BCUT2D eigenvalue weighted by atomic mass is 16.5. The summed E-state index contributed by atoms with van der Waals surface area (Å²) >= 11 is 0. The zero-order chi connectivity index (χ0) is 11.8. The van der Waals surface area contributed by atoms with Gasteiger partial charge in [-0.3, -0.25) is 14.9 Å². The molecule has 5 nitrogen and oxygen atoms in total. The summed E-state index contributed by atoms with van der Waals surface area (Å²) in [5.74, 6) is -0.188. The van der Waals surface area contributed by atoms with Gasteiger partial charge in [-0.25, -0.2) is 0 Å². The lowest BCUT2D eigenvalue weighted by atomic mass is 10.00. The second kappa shape index (κ2) is 3.92. The second-order valence-corrected chi connectivity index (χ2v) is 4.35. The molecule has 1 fully saturated rings. The van der Waals surface area contributed by atoms with Gasteiger partial charge in [-0.05, 0) is 26.0 Å². The topological polar surface area (TPSA) is 69.3 Å². The molecular weight excluding hydrogens is 206 g/mol. The smallest absolute Gasteiger partial charge is 0.261 e. The average Bonchev–Trinajstić information content (AvgIpc) is 2.80. The van der Waals surface area contributed by atoms with Crippen molar-refractivity contribution in [3.63, 3.8) is 0 Å². The van der Waals surface area contributed by atoms with Crippen LogP contribution in [0.15, 0.2) is 12.1 Å². The fraction of sp³-hybridized carbons (Fsp3) is 0.545. The van der Waals surface area contributed by atoms with Crippen LogP contribution in [0.25, 0.3) is 0 Å². The molecule has 1 saturated heterocycles. The lowest BCUT2D eigenvalue weighted by Crippen LogP contribution is -2.53. The van der Waals surface area contributed by atoms with Crippen LogP contribution in [0.4, 0.5) is 0 Å². The van der Waals surface area contributed by atoms with Crippen LogP contribution in [0.3, 0.4) is 0 Å². The maximum absolute atomic E-state index is 12.0. The SMILES string of the molecule is Cc1ccc(C)n1NC(=O)C1(N)CCOC1. The zero-order valence-electron chi connectivity index (χ0n) is 9.62. The van der Waals surface area contributed by atoms with Crippen LogP contribution >= 0.6 is 0 Å². The Morgan fingerprint density at radius 1 is 1.50 bits per heavy atom. The molecule has 0 aromatic carbocycles. The standard InChI is InChI=1S/C11H17N3O2/c1-8-3-4-9(2)14(8)13-10(15)11(12)5-6-16-7-11/h3-4H,5-7,12H2,1-2H3,(H,13,15). The Hall–Kier alpha value is -1.33. The first-order valence-electron chi connectivity index (χ1n) is 5.36. The molecule has 1 unspecified atom stereocenters. The molecule has 1 aliphatic rings. The first-order chi connectivity index (χ1) is 7.53. The molecule has 0 saturated carbocycles. The molecule has 88 valence electrons. The van der Waals surface area contributed by atoms with Crippen molar-refractivity contribution in [3.05, 3.63) is 23.5 Å². The van der Waals surface area contributed by atoms with Crippen molar-refractivity contribution in [1.29, 1.82) is 0 Å². The Labute approximate surface area is 94.5 Å². The maximum atomic E-state index is 12.0. The molecule has 1 aliphatic heterocycles. The van der Waals surface area contributed by atoms with Crippen molar-refractivity contribution < 1.29 is 9.53 Å². The van der Waals surface area contributed by atoms with Crippen LogP contribution in [0.2, 0.25) is 0 Å². The predicted octanol–water partition coefficient (Wildman–Crippen LogP) is 0.293. The molecule has 0 spiro atoms. The van der Waals surface area contributed by atoms with Crippen molar-refractivity contribution in [2.24, 2.45) is 5.73 Å². The molecule has 1 aromatic rings. The molecule has 1 atom stereocenters. The number of aromatic nitrogens is 1. The van der Waals surface area contributed by atoms with Gasteiger partial charge in [0, 0.05) is 24.4 Å². The number of ether oxygens (including phenoxy) is 1. The highest BCUT2D eigenvalue weighted by Gasteiger charge is 2.38. The number of rotatable bonds is 2. The molecule has 2 rings (SSSR count). The van der Waals surface area contributed by atoms with Crippen molar-refractivity contribution in [1.82, 2.24) is 4.68 Å². The van der Waals surface area contributed by atoms with E-state index in [1.165, 1.54) is 0 Å². The summed E-state index contributed by atoms with van der Waals surface area (Å²) in [5.41, 5.74) is 9.86. The summed E-state index contributed by atoms with van der Waals surface area (Å²) in [6.07, 6.45) is 0.568. The zero-order valence-corrected chi connectivity index (χ0v) is 9.62. The quantitative estimate of drug-likeness (QED) is 0.757. The highest BCUT2D eigenvalue weighted by molar-refractivity contribution is 5.93. The Balaban J connectivity index is 2.13. The molecule has 2 heterocycles. The molecule has 3 N–H and O–H groups in total. The van der Waals surface area contributed by atoms with Crippen LogP contribution in [0.5, 0.6) is 0 Å². The third-order valence-electron chi connectivity index (χ3n) is 2.99. The number of nitrogens with one attached hydrogen (secondary N) is 1. The summed E-state index contributed by atoms with van der Waals surface area (Å²) < 4.78 is 6.91. The van der Waals surface area contributed by atoms with Gasteiger partial charge in [0.15, 0.2) is 0 Å². The first-order valence-corrected chi connectivity index (χ1v) is 5.36. The van der Waals surface area contributed by atoms with Gasteiger partial charge in [0.25, 0.3) is 5.91 Å². The molecule has 16 heavy (non-hydrogen) atoms. The predicted molar refractivity (Wildman–Crippen MR) is 60.6 cm³/mol. The van der Waals surface area contributed by atoms with Gasteiger partial charge in [0.1, 0.15) is 5.54 Å². The minimum absolute atomic E-state index is 0.188. The van der Waals surface area contributed by atoms with E-state index in [0.29, 0.717) is 13.0 Å².